The average molecular weight is 353 g/mol. The molecule has 4 nitrogen and oxygen atoms in total. The van der Waals surface area contributed by atoms with Gasteiger partial charge in [-0.25, -0.2) is 0 Å². The Balaban J connectivity index is 1.76. The molecule has 3 rings (SSSR count). The third-order valence-corrected chi connectivity index (χ3v) is 5.19. The predicted molar refractivity (Wildman–Crippen MR) is 106 cm³/mol. The Hall–Kier alpha value is -2.53. The van der Waals surface area contributed by atoms with Gasteiger partial charge in [-0.05, 0) is 48.2 Å². The Labute approximate surface area is 152 Å². The minimum Gasteiger partial charge on any atom is -0.377 e. The van der Waals surface area contributed by atoms with Gasteiger partial charge in [0.15, 0.2) is 0 Å². The van der Waals surface area contributed by atoms with Crippen LogP contribution in [0.3, 0.4) is 0 Å². The Morgan fingerprint density at radius 1 is 1.20 bits per heavy atom. The van der Waals surface area contributed by atoms with E-state index in [0.29, 0.717) is 6.42 Å². The van der Waals surface area contributed by atoms with Gasteiger partial charge in [-0.15, -0.1) is 11.3 Å². The van der Waals surface area contributed by atoms with Gasteiger partial charge in [0, 0.05) is 42.7 Å². The van der Waals surface area contributed by atoms with Crippen LogP contribution in [0, 0.1) is 6.92 Å². The van der Waals surface area contributed by atoms with Gasteiger partial charge >= 0.3 is 0 Å². The van der Waals surface area contributed by atoms with Crippen molar-refractivity contribution in [1.29, 1.82) is 0 Å². The van der Waals surface area contributed by atoms with Gasteiger partial charge in [-0.2, -0.15) is 0 Å². The molecule has 0 radical (unpaired) electrons. The first-order valence-corrected chi connectivity index (χ1v) is 9.16. The van der Waals surface area contributed by atoms with Gasteiger partial charge in [-0.1, -0.05) is 12.1 Å². The summed E-state index contributed by atoms with van der Waals surface area (Å²) in [7, 11) is 4.01. The van der Waals surface area contributed by atoms with E-state index in [4.69, 9.17) is 0 Å². The van der Waals surface area contributed by atoms with Crippen LogP contribution in [0.4, 0.5) is 11.4 Å². The highest BCUT2D eigenvalue weighted by Crippen LogP contribution is 2.28. The van der Waals surface area contributed by atoms with E-state index in [1.54, 1.807) is 11.3 Å². The Kier molecular flexibility index (Phi) is 5.24. The van der Waals surface area contributed by atoms with Crippen molar-refractivity contribution in [2.24, 2.45) is 0 Å². The van der Waals surface area contributed by atoms with Crippen molar-refractivity contribution in [2.45, 2.75) is 19.4 Å². The standard InChI is InChI=1S/C20H23N3OS/c1-15-8-9-16(13-17(15)22(2)3)21-20(24)14-18(19-7-6-12-25-19)23-10-4-5-11-23/h4-13,18H,14H2,1-3H3,(H,21,24)/t18-/m0/s1. The van der Waals surface area contributed by atoms with E-state index in [0.717, 1.165) is 11.4 Å². The molecule has 1 aromatic carbocycles. The van der Waals surface area contributed by atoms with Crippen molar-refractivity contribution in [1.82, 2.24) is 4.57 Å². The van der Waals surface area contributed by atoms with Crippen molar-refractivity contribution >= 4 is 28.6 Å². The molecule has 0 bridgehead atoms. The van der Waals surface area contributed by atoms with Crippen LogP contribution in [0.5, 0.6) is 0 Å². The molecule has 2 aromatic heterocycles. The number of hydrogen-bond acceptors (Lipinski definition) is 3. The van der Waals surface area contributed by atoms with Crippen LogP contribution in [-0.2, 0) is 4.79 Å². The zero-order chi connectivity index (χ0) is 17.8. The summed E-state index contributed by atoms with van der Waals surface area (Å²) in [5.41, 5.74) is 3.13. The number of thiophene rings is 1. The first-order valence-electron chi connectivity index (χ1n) is 8.28. The highest BCUT2D eigenvalue weighted by atomic mass is 32.1. The molecule has 3 aromatic rings. The average Bonchev–Trinajstić information content (AvgIpc) is 3.28. The molecule has 0 spiro atoms. The monoisotopic (exact) mass is 353 g/mol. The van der Waals surface area contributed by atoms with Gasteiger partial charge in [0.2, 0.25) is 5.91 Å². The lowest BCUT2D eigenvalue weighted by molar-refractivity contribution is -0.116. The van der Waals surface area contributed by atoms with Crippen LogP contribution in [0.2, 0.25) is 0 Å². The quantitative estimate of drug-likeness (QED) is 0.706. The van der Waals surface area contributed by atoms with Gasteiger partial charge in [0.1, 0.15) is 0 Å². The first kappa shape index (κ1) is 17.3. The van der Waals surface area contributed by atoms with Crippen LogP contribution in [0.25, 0.3) is 0 Å². The molecule has 0 aliphatic carbocycles. The van der Waals surface area contributed by atoms with E-state index in [2.05, 4.69) is 27.8 Å². The van der Waals surface area contributed by atoms with Crippen LogP contribution in [-0.4, -0.2) is 24.6 Å². The van der Waals surface area contributed by atoms with Crippen LogP contribution < -0.4 is 10.2 Å². The number of amides is 1. The van der Waals surface area contributed by atoms with E-state index in [1.165, 1.54) is 10.4 Å². The van der Waals surface area contributed by atoms with Crippen molar-refractivity contribution in [2.75, 3.05) is 24.3 Å². The molecule has 5 heteroatoms. The molecule has 2 heterocycles. The van der Waals surface area contributed by atoms with E-state index in [9.17, 15) is 4.79 Å². The van der Waals surface area contributed by atoms with Crippen LogP contribution in [0.15, 0.2) is 60.2 Å². The summed E-state index contributed by atoms with van der Waals surface area (Å²) in [5, 5.41) is 5.09. The SMILES string of the molecule is Cc1ccc(NC(=O)C[C@@H](c2cccs2)n2cccc2)cc1N(C)C. The lowest BCUT2D eigenvalue weighted by atomic mass is 10.1. The van der Waals surface area contributed by atoms with Crippen molar-refractivity contribution in [3.05, 3.63) is 70.7 Å². The molecule has 0 aliphatic heterocycles. The number of nitrogens with zero attached hydrogens (tertiary/aromatic N) is 2. The van der Waals surface area contributed by atoms with E-state index in [1.807, 2.05) is 68.3 Å². The van der Waals surface area contributed by atoms with E-state index in [-0.39, 0.29) is 11.9 Å². The molecule has 1 N–H and O–H groups in total. The fourth-order valence-electron chi connectivity index (χ4n) is 2.95. The summed E-state index contributed by atoms with van der Waals surface area (Å²) in [6.45, 7) is 2.07. The summed E-state index contributed by atoms with van der Waals surface area (Å²) in [6, 6.07) is 14.1. The summed E-state index contributed by atoms with van der Waals surface area (Å²) in [5.74, 6) is 0.0145. The number of carbonyl (C=O) groups excluding carboxylic acids is 1. The molecule has 0 unspecified atom stereocenters. The minimum absolute atomic E-state index is 0.0145. The molecule has 0 saturated carbocycles. The highest BCUT2D eigenvalue weighted by molar-refractivity contribution is 7.10. The number of anilines is 2. The van der Waals surface area contributed by atoms with E-state index >= 15 is 0 Å². The molecular formula is C20H23N3OS. The smallest absolute Gasteiger partial charge is 0.226 e. The minimum atomic E-state index is 0.0145. The number of benzene rings is 1. The van der Waals surface area contributed by atoms with Gasteiger partial charge in [0.05, 0.1) is 12.5 Å². The third kappa shape index (κ3) is 4.12. The summed E-state index contributed by atoms with van der Waals surface area (Å²) in [4.78, 5) is 15.9. The maximum atomic E-state index is 12.6. The van der Waals surface area contributed by atoms with Crippen LogP contribution in [0.1, 0.15) is 22.9 Å². The van der Waals surface area contributed by atoms with Gasteiger partial charge in [0.25, 0.3) is 0 Å². The largest absolute Gasteiger partial charge is 0.377 e. The second-order valence-corrected chi connectivity index (χ2v) is 7.29. The van der Waals surface area contributed by atoms with Gasteiger partial charge in [-0.3, -0.25) is 4.79 Å². The number of nitrogens with one attached hydrogen (secondary N) is 1. The number of rotatable bonds is 6. The number of carbonyl (C=O) groups is 1. The molecule has 0 aliphatic rings. The number of hydrogen-bond donors (Lipinski definition) is 1. The molecule has 130 valence electrons. The topological polar surface area (TPSA) is 37.3 Å². The Morgan fingerprint density at radius 2 is 1.96 bits per heavy atom. The van der Waals surface area contributed by atoms with Crippen molar-refractivity contribution < 1.29 is 4.79 Å². The van der Waals surface area contributed by atoms with Crippen molar-refractivity contribution in [3.63, 3.8) is 0 Å². The Morgan fingerprint density at radius 3 is 2.60 bits per heavy atom. The molecular weight excluding hydrogens is 330 g/mol. The lowest BCUT2D eigenvalue weighted by Gasteiger charge is -2.19. The molecule has 0 fully saturated rings. The van der Waals surface area contributed by atoms with Crippen LogP contribution >= 0.6 is 11.3 Å². The summed E-state index contributed by atoms with van der Waals surface area (Å²) < 4.78 is 2.09. The highest BCUT2D eigenvalue weighted by Gasteiger charge is 2.18. The predicted octanol–water partition coefficient (Wildman–Crippen LogP) is 4.54. The van der Waals surface area contributed by atoms with E-state index < -0.39 is 0 Å². The second kappa shape index (κ2) is 7.57. The Bertz CT molecular complexity index is 789. The molecule has 1 amide bonds. The summed E-state index contributed by atoms with van der Waals surface area (Å²) >= 11 is 1.68. The maximum Gasteiger partial charge on any atom is 0.226 e. The first-order chi connectivity index (χ1) is 12.0. The number of aromatic nitrogens is 1. The zero-order valence-electron chi connectivity index (χ0n) is 14.8. The molecule has 0 saturated heterocycles. The molecule has 25 heavy (non-hydrogen) atoms. The fourth-order valence-corrected chi connectivity index (χ4v) is 3.78. The van der Waals surface area contributed by atoms with Gasteiger partial charge < -0.3 is 14.8 Å². The fraction of sp³-hybridized carbons (Fsp3) is 0.250. The second-order valence-electron chi connectivity index (χ2n) is 6.31. The lowest BCUT2D eigenvalue weighted by Crippen LogP contribution is -2.19. The maximum absolute atomic E-state index is 12.6. The normalized spacial score (nSPS) is 12.0. The van der Waals surface area contributed by atoms with Crippen molar-refractivity contribution in [3.8, 4) is 0 Å². The molecule has 1 atom stereocenters. The third-order valence-electron chi connectivity index (χ3n) is 4.21. The zero-order valence-corrected chi connectivity index (χ0v) is 15.6. The summed E-state index contributed by atoms with van der Waals surface area (Å²) in [6.07, 6.45) is 4.42. The number of aryl methyl sites for hydroxylation is 1.